The Morgan fingerprint density at radius 1 is 1.12 bits per heavy atom. The molecular formula is C19H29N3O2. The molecule has 5 heteroatoms. The van der Waals surface area contributed by atoms with Gasteiger partial charge >= 0.3 is 0 Å². The second kappa shape index (κ2) is 7.10. The third-order valence-corrected chi connectivity index (χ3v) is 5.82. The fourth-order valence-electron chi connectivity index (χ4n) is 4.26. The van der Waals surface area contributed by atoms with Crippen LogP contribution in [-0.2, 0) is 17.6 Å². The van der Waals surface area contributed by atoms with Gasteiger partial charge in [-0.2, -0.15) is 0 Å². The molecule has 2 aliphatic heterocycles. The number of aliphatic hydroxyl groups excluding tert-OH is 1. The molecule has 0 spiro atoms. The van der Waals surface area contributed by atoms with E-state index < -0.39 is 6.10 Å². The summed E-state index contributed by atoms with van der Waals surface area (Å²) in [7, 11) is 2.16. The number of fused-ring (bicyclic) bond motifs is 1. The van der Waals surface area contributed by atoms with Crippen molar-refractivity contribution in [3.05, 3.63) is 35.4 Å². The summed E-state index contributed by atoms with van der Waals surface area (Å²) < 4.78 is 5.93. The van der Waals surface area contributed by atoms with E-state index in [2.05, 4.69) is 46.4 Å². The van der Waals surface area contributed by atoms with Gasteiger partial charge in [-0.25, -0.2) is 0 Å². The fraction of sp³-hybridized carbons (Fsp3) is 0.684. The number of ether oxygens (including phenoxy) is 1. The lowest BCUT2D eigenvalue weighted by atomic mass is 10.1. The van der Waals surface area contributed by atoms with Crippen LogP contribution < -0.4 is 5.32 Å². The average Bonchev–Trinajstić information content (AvgIpc) is 3.15. The van der Waals surface area contributed by atoms with Gasteiger partial charge in [0.15, 0.2) is 0 Å². The lowest BCUT2D eigenvalue weighted by Gasteiger charge is -2.34. The quantitative estimate of drug-likeness (QED) is 0.821. The summed E-state index contributed by atoms with van der Waals surface area (Å²) >= 11 is 0. The Morgan fingerprint density at radius 3 is 2.46 bits per heavy atom. The Kier molecular flexibility index (Phi) is 4.88. The lowest BCUT2D eigenvalue weighted by molar-refractivity contribution is 0.00585. The number of aliphatic hydroxyl groups is 1. The predicted molar refractivity (Wildman–Crippen MR) is 94.2 cm³/mol. The number of piperazine rings is 1. The predicted octanol–water partition coefficient (Wildman–Crippen LogP) is 0.119. The third-order valence-electron chi connectivity index (χ3n) is 5.82. The second-order valence-corrected chi connectivity index (χ2v) is 7.61. The summed E-state index contributed by atoms with van der Waals surface area (Å²) in [6, 6.07) is 9.14. The summed E-state index contributed by atoms with van der Waals surface area (Å²) in [5.74, 6) is 0. The van der Waals surface area contributed by atoms with E-state index in [1.165, 1.54) is 11.1 Å². The standard InChI is InChI=1S/C19H29N3O2/c1-21-6-8-22(9-7-21)12-18-19(23)17(13-24-18)20-16-10-14-4-2-3-5-15(14)11-16/h2-5,16-20,23H,6-13H2,1H3. The Labute approximate surface area is 144 Å². The summed E-state index contributed by atoms with van der Waals surface area (Å²) in [5, 5.41) is 14.3. The first kappa shape index (κ1) is 16.5. The SMILES string of the molecule is CN1CCN(CC2OCC(NC3Cc4ccccc4C3)C2O)CC1. The molecule has 3 atom stereocenters. The van der Waals surface area contributed by atoms with E-state index in [9.17, 15) is 5.11 Å². The minimum absolute atomic E-state index is 0.0572. The first-order valence-electron chi connectivity index (χ1n) is 9.22. The highest BCUT2D eigenvalue weighted by atomic mass is 16.5. The van der Waals surface area contributed by atoms with Gasteiger partial charge in [0, 0.05) is 38.8 Å². The zero-order valence-corrected chi connectivity index (χ0v) is 14.5. The van der Waals surface area contributed by atoms with E-state index in [-0.39, 0.29) is 12.1 Å². The van der Waals surface area contributed by atoms with Crippen LogP contribution in [0.4, 0.5) is 0 Å². The van der Waals surface area contributed by atoms with Crippen molar-refractivity contribution in [3.63, 3.8) is 0 Å². The number of hydrogen-bond donors (Lipinski definition) is 2. The van der Waals surface area contributed by atoms with E-state index in [0.717, 1.165) is 45.6 Å². The number of hydrogen-bond acceptors (Lipinski definition) is 5. The van der Waals surface area contributed by atoms with Gasteiger partial charge in [0.1, 0.15) is 0 Å². The monoisotopic (exact) mass is 331 g/mol. The Bertz CT molecular complexity index is 534. The Hall–Kier alpha value is -0.980. The van der Waals surface area contributed by atoms with Gasteiger partial charge < -0.3 is 20.1 Å². The van der Waals surface area contributed by atoms with E-state index in [1.54, 1.807) is 0 Å². The summed E-state index contributed by atoms with van der Waals surface area (Å²) in [6.45, 7) is 5.80. The zero-order chi connectivity index (χ0) is 16.5. The number of benzene rings is 1. The van der Waals surface area contributed by atoms with E-state index in [4.69, 9.17) is 4.74 Å². The molecule has 4 rings (SSSR count). The topological polar surface area (TPSA) is 48.0 Å². The minimum Gasteiger partial charge on any atom is -0.389 e. The molecule has 2 N–H and O–H groups in total. The first-order chi connectivity index (χ1) is 11.7. The normalized spacial score (nSPS) is 32.3. The van der Waals surface area contributed by atoms with Crippen LogP contribution in [-0.4, -0.2) is 85.6 Å². The van der Waals surface area contributed by atoms with Crippen LogP contribution >= 0.6 is 0 Å². The summed E-state index contributed by atoms with van der Waals surface area (Å²) in [4.78, 5) is 4.77. The van der Waals surface area contributed by atoms with Crippen LogP contribution in [0.3, 0.4) is 0 Å². The van der Waals surface area contributed by atoms with Crippen molar-refractivity contribution < 1.29 is 9.84 Å². The number of rotatable bonds is 4. The molecule has 1 aliphatic carbocycles. The smallest absolute Gasteiger partial charge is 0.0989 e. The van der Waals surface area contributed by atoms with Crippen molar-refractivity contribution >= 4 is 0 Å². The Balaban J connectivity index is 1.28. The lowest BCUT2D eigenvalue weighted by Crippen LogP contribution is -2.51. The first-order valence-corrected chi connectivity index (χ1v) is 9.22. The van der Waals surface area contributed by atoms with Crippen molar-refractivity contribution in [1.82, 2.24) is 15.1 Å². The van der Waals surface area contributed by atoms with Crippen LogP contribution in [0.25, 0.3) is 0 Å². The van der Waals surface area contributed by atoms with Crippen molar-refractivity contribution in [2.24, 2.45) is 0 Å². The highest BCUT2D eigenvalue weighted by Crippen LogP contribution is 2.24. The van der Waals surface area contributed by atoms with Crippen molar-refractivity contribution in [3.8, 4) is 0 Å². The van der Waals surface area contributed by atoms with Gasteiger partial charge in [0.05, 0.1) is 24.9 Å². The van der Waals surface area contributed by atoms with Crippen LogP contribution in [0, 0.1) is 0 Å². The van der Waals surface area contributed by atoms with E-state index >= 15 is 0 Å². The van der Waals surface area contributed by atoms with E-state index in [0.29, 0.717) is 12.6 Å². The van der Waals surface area contributed by atoms with Crippen molar-refractivity contribution in [1.29, 1.82) is 0 Å². The van der Waals surface area contributed by atoms with Crippen LogP contribution in [0.2, 0.25) is 0 Å². The molecule has 1 aromatic carbocycles. The Morgan fingerprint density at radius 2 is 1.79 bits per heavy atom. The zero-order valence-electron chi connectivity index (χ0n) is 14.5. The molecule has 0 bridgehead atoms. The molecule has 132 valence electrons. The van der Waals surface area contributed by atoms with Gasteiger partial charge in [-0.3, -0.25) is 4.90 Å². The molecule has 1 aromatic rings. The molecule has 3 aliphatic rings. The molecular weight excluding hydrogens is 302 g/mol. The van der Waals surface area contributed by atoms with Crippen molar-refractivity contribution in [2.45, 2.75) is 37.1 Å². The van der Waals surface area contributed by atoms with Crippen LogP contribution in [0.15, 0.2) is 24.3 Å². The van der Waals surface area contributed by atoms with Gasteiger partial charge in [0.25, 0.3) is 0 Å². The molecule has 0 amide bonds. The molecule has 0 radical (unpaired) electrons. The minimum atomic E-state index is -0.409. The van der Waals surface area contributed by atoms with Crippen molar-refractivity contribution in [2.75, 3.05) is 46.4 Å². The second-order valence-electron chi connectivity index (χ2n) is 7.61. The number of likely N-dealkylation sites (N-methyl/N-ethyl adjacent to an activating group) is 1. The maximum atomic E-state index is 10.7. The molecule has 24 heavy (non-hydrogen) atoms. The largest absolute Gasteiger partial charge is 0.389 e. The maximum Gasteiger partial charge on any atom is 0.0989 e. The molecule has 0 aromatic heterocycles. The number of nitrogens with zero attached hydrogens (tertiary/aromatic N) is 2. The molecule has 2 heterocycles. The van der Waals surface area contributed by atoms with Crippen LogP contribution in [0.5, 0.6) is 0 Å². The highest BCUT2D eigenvalue weighted by molar-refractivity contribution is 5.33. The fourth-order valence-corrected chi connectivity index (χ4v) is 4.26. The van der Waals surface area contributed by atoms with E-state index in [1.807, 2.05) is 0 Å². The molecule has 2 saturated heterocycles. The molecule has 0 saturated carbocycles. The molecule has 3 unspecified atom stereocenters. The summed E-state index contributed by atoms with van der Waals surface area (Å²) in [6.07, 6.45) is 1.65. The molecule has 5 nitrogen and oxygen atoms in total. The van der Waals surface area contributed by atoms with Crippen LogP contribution in [0.1, 0.15) is 11.1 Å². The van der Waals surface area contributed by atoms with Gasteiger partial charge in [0.2, 0.25) is 0 Å². The third kappa shape index (κ3) is 3.51. The van der Waals surface area contributed by atoms with Gasteiger partial charge in [-0.1, -0.05) is 24.3 Å². The van der Waals surface area contributed by atoms with Gasteiger partial charge in [-0.15, -0.1) is 0 Å². The number of nitrogens with one attached hydrogen (secondary N) is 1. The van der Waals surface area contributed by atoms with Gasteiger partial charge in [-0.05, 0) is 31.0 Å². The highest BCUT2D eigenvalue weighted by Gasteiger charge is 2.38. The maximum absolute atomic E-state index is 10.7. The average molecular weight is 331 g/mol. The molecule has 2 fully saturated rings. The summed E-state index contributed by atoms with van der Waals surface area (Å²) in [5.41, 5.74) is 2.88.